The fourth-order valence-electron chi connectivity index (χ4n) is 6.55. The van der Waals surface area contributed by atoms with E-state index in [2.05, 4.69) is 66.7 Å². The minimum absolute atomic E-state index is 0.478. The molecule has 0 fully saturated rings. The molecule has 0 saturated heterocycles. The number of nitrogens with zero attached hydrogens (tertiary/aromatic N) is 4. The molecule has 214 valence electrons. The topological polar surface area (TPSA) is 77.8 Å². The Hall–Kier alpha value is -6.40. The highest BCUT2D eigenvalue weighted by Gasteiger charge is 2.20. The predicted octanol–water partition coefficient (Wildman–Crippen LogP) is 10.4. The number of fused-ring (bicyclic) bond motifs is 9. The summed E-state index contributed by atoms with van der Waals surface area (Å²) in [4.78, 5) is 20.0. The lowest BCUT2D eigenvalue weighted by molar-refractivity contribution is 0.669. The van der Waals surface area contributed by atoms with Crippen LogP contribution in [-0.4, -0.2) is 19.9 Å². The first-order valence-corrected chi connectivity index (χ1v) is 15.1. The summed E-state index contributed by atoms with van der Waals surface area (Å²) in [5.41, 5.74) is 5.62. The molecule has 6 heteroatoms. The van der Waals surface area contributed by atoms with Crippen molar-refractivity contribution in [2.24, 2.45) is 0 Å². The maximum atomic E-state index is 6.46. The molecule has 6 aromatic carbocycles. The van der Waals surface area contributed by atoms with Crippen molar-refractivity contribution in [3.63, 3.8) is 0 Å². The van der Waals surface area contributed by atoms with Crippen LogP contribution in [0.4, 0.5) is 0 Å². The minimum atomic E-state index is 0.478. The van der Waals surface area contributed by atoms with Crippen LogP contribution in [0.15, 0.2) is 142 Å². The number of rotatable bonds is 3. The van der Waals surface area contributed by atoms with Crippen LogP contribution in [0.25, 0.3) is 99.7 Å². The van der Waals surface area contributed by atoms with E-state index in [0.717, 1.165) is 76.5 Å². The van der Waals surface area contributed by atoms with Crippen molar-refractivity contribution in [1.82, 2.24) is 19.9 Å². The molecule has 4 aromatic heterocycles. The van der Waals surface area contributed by atoms with Crippen LogP contribution in [0.3, 0.4) is 0 Å². The van der Waals surface area contributed by atoms with Crippen molar-refractivity contribution >= 4 is 65.4 Å². The van der Waals surface area contributed by atoms with E-state index in [1.807, 2.05) is 60.7 Å². The van der Waals surface area contributed by atoms with Gasteiger partial charge in [0.05, 0.1) is 5.39 Å². The highest BCUT2D eigenvalue weighted by molar-refractivity contribution is 6.18. The summed E-state index contributed by atoms with van der Waals surface area (Å²) < 4.78 is 12.6. The van der Waals surface area contributed by atoms with Gasteiger partial charge in [-0.1, -0.05) is 84.9 Å². The van der Waals surface area contributed by atoms with E-state index < -0.39 is 0 Å². The number of pyridine rings is 1. The van der Waals surface area contributed by atoms with Crippen molar-refractivity contribution in [2.45, 2.75) is 0 Å². The Morgan fingerprint density at radius 2 is 1.09 bits per heavy atom. The second kappa shape index (κ2) is 9.55. The molecule has 0 saturated carbocycles. The molecule has 0 aliphatic heterocycles. The molecule has 0 aliphatic carbocycles. The standard InChI is InChI=1S/C40H22N4O2/c1-2-9-25-21-26(14-13-23(25)7-1)38-42-39(27-16-18-33-31(22-27)29-11-5-6-12-32(29)45-33)44-40(43-38)36-35-30-17-15-24-8-3-4-10-28(24)37(30)46-34(35)19-20-41-36/h1-22H. The van der Waals surface area contributed by atoms with Crippen molar-refractivity contribution in [3.8, 4) is 34.3 Å². The summed E-state index contributed by atoms with van der Waals surface area (Å²) in [6.07, 6.45) is 1.76. The summed E-state index contributed by atoms with van der Waals surface area (Å²) in [6, 6.07) is 43.1. The number of para-hydroxylation sites is 1. The molecule has 0 radical (unpaired) electrons. The van der Waals surface area contributed by atoms with Gasteiger partial charge in [0, 0.05) is 38.9 Å². The number of furan rings is 2. The molecule has 10 aromatic rings. The summed E-state index contributed by atoms with van der Waals surface area (Å²) >= 11 is 0. The third-order valence-corrected chi connectivity index (χ3v) is 8.76. The van der Waals surface area contributed by atoms with Gasteiger partial charge in [0.15, 0.2) is 17.5 Å². The summed E-state index contributed by atoms with van der Waals surface area (Å²) in [5.74, 6) is 1.60. The Morgan fingerprint density at radius 3 is 1.98 bits per heavy atom. The van der Waals surface area contributed by atoms with E-state index in [4.69, 9.17) is 28.8 Å². The van der Waals surface area contributed by atoms with Gasteiger partial charge in [-0.25, -0.2) is 15.0 Å². The zero-order chi connectivity index (χ0) is 30.2. The SMILES string of the molecule is c1ccc2cc(-c3nc(-c4ccc5oc6ccccc6c5c4)nc(-c4nccc5oc6c7ccccc7ccc6c45)n3)ccc2c1. The summed E-state index contributed by atoms with van der Waals surface area (Å²) in [5, 5.41) is 8.34. The van der Waals surface area contributed by atoms with Gasteiger partial charge in [-0.15, -0.1) is 0 Å². The van der Waals surface area contributed by atoms with Crippen molar-refractivity contribution in [2.75, 3.05) is 0 Å². The van der Waals surface area contributed by atoms with Crippen LogP contribution in [0.1, 0.15) is 0 Å². The molecule has 0 atom stereocenters. The average Bonchev–Trinajstić information content (AvgIpc) is 3.70. The van der Waals surface area contributed by atoms with Crippen LogP contribution in [0, 0.1) is 0 Å². The van der Waals surface area contributed by atoms with E-state index in [0.29, 0.717) is 23.2 Å². The van der Waals surface area contributed by atoms with Crippen molar-refractivity contribution in [1.29, 1.82) is 0 Å². The fourth-order valence-corrected chi connectivity index (χ4v) is 6.55. The molecular formula is C40H22N4O2. The number of hydrogen-bond acceptors (Lipinski definition) is 6. The van der Waals surface area contributed by atoms with Crippen LogP contribution in [0.5, 0.6) is 0 Å². The molecule has 0 spiro atoms. The van der Waals surface area contributed by atoms with Gasteiger partial charge in [-0.3, -0.25) is 4.98 Å². The number of aromatic nitrogens is 4. The predicted molar refractivity (Wildman–Crippen MR) is 183 cm³/mol. The number of benzene rings is 6. The third-order valence-electron chi connectivity index (χ3n) is 8.76. The van der Waals surface area contributed by atoms with E-state index in [1.165, 1.54) is 0 Å². The zero-order valence-corrected chi connectivity index (χ0v) is 24.3. The first-order valence-electron chi connectivity index (χ1n) is 15.1. The Bertz CT molecular complexity index is 2830. The largest absolute Gasteiger partial charge is 0.456 e. The Morgan fingerprint density at radius 1 is 0.413 bits per heavy atom. The summed E-state index contributed by atoms with van der Waals surface area (Å²) in [6.45, 7) is 0. The molecule has 6 nitrogen and oxygen atoms in total. The molecule has 10 rings (SSSR count). The van der Waals surface area contributed by atoms with Crippen LogP contribution in [0.2, 0.25) is 0 Å². The fraction of sp³-hybridized carbons (Fsp3) is 0. The van der Waals surface area contributed by atoms with E-state index in [9.17, 15) is 0 Å². The second-order valence-corrected chi connectivity index (χ2v) is 11.5. The smallest absolute Gasteiger partial charge is 0.183 e. The minimum Gasteiger partial charge on any atom is -0.456 e. The summed E-state index contributed by atoms with van der Waals surface area (Å²) in [7, 11) is 0. The van der Waals surface area contributed by atoms with Crippen LogP contribution < -0.4 is 0 Å². The van der Waals surface area contributed by atoms with E-state index in [-0.39, 0.29) is 0 Å². The maximum absolute atomic E-state index is 6.46. The van der Waals surface area contributed by atoms with Gasteiger partial charge in [-0.2, -0.15) is 0 Å². The zero-order valence-electron chi connectivity index (χ0n) is 24.3. The average molecular weight is 591 g/mol. The highest BCUT2D eigenvalue weighted by atomic mass is 16.3. The van der Waals surface area contributed by atoms with Gasteiger partial charge >= 0.3 is 0 Å². The molecular weight excluding hydrogens is 568 g/mol. The lowest BCUT2D eigenvalue weighted by atomic mass is 10.0. The first kappa shape index (κ1) is 25.0. The maximum Gasteiger partial charge on any atom is 0.183 e. The van der Waals surface area contributed by atoms with Gasteiger partial charge in [0.2, 0.25) is 0 Å². The highest BCUT2D eigenvalue weighted by Crippen LogP contribution is 2.39. The Balaban J connectivity index is 1.25. The number of hydrogen-bond donors (Lipinski definition) is 0. The normalized spacial score (nSPS) is 11.9. The molecule has 0 amide bonds. The van der Waals surface area contributed by atoms with Crippen molar-refractivity contribution < 1.29 is 8.83 Å². The van der Waals surface area contributed by atoms with Crippen LogP contribution >= 0.6 is 0 Å². The second-order valence-electron chi connectivity index (χ2n) is 11.5. The Kier molecular flexibility index (Phi) is 5.19. The molecule has 0 aliphatic rings. The lowest BCUT2D eigenvalue weighted by Gasteiger charge is -2.09. The Labute approximate surface area is 261 Å². The molecule has 0 bridgehead atoms. The van der Waals surface area contributed by atoms with E-state index >= 15 is 0 Å². The quantitative estimate of drug-likeness (QED) is 0.204. The van der Waals surface area contributed by atoms with Gasteiger partial charge in [-0.05, 0) is 58.6 Å². The van der Waals surface area contributed by atoms with Gasteiger partial charge in [0.25, 0.3) is 0 Å². The molecule has 0 N–H and O–H groups in total. The first-order chi connectivity index (χ1) is 22.8. The molecule has 4 heterocycles. The van der Waals surface area contributed by atoms with Gasteiger partial charge < -0.3 is 8.83 Å². The van der Waals surface area contributed by atoms with Crippen LogP contribution in [-0.2, 0) is 0 Å². The van der Waals surface area contributed by atoms with E-state index in [1.54, 1.807) is 6.20 Å². The third kappa shape index (κ3) is 3.77. The lowest BCUT2D eigenvalue weighted by Crippen LogP contribution is -2.01. The van der Waals surface area contributed by atoms with Gasteiger partial charge in [0.1, 0.15) is 28.0 Å². The monoisotopic (exact) mass is 590 g/mol. The van der Waals surface area contributed by atoms with Crippen molar-refractivity contribution in [3.05, 3.63) is 134 Å². The molecule has 0 unspecified atom stereocenters. The molecule has 46 heavy (non-hydrogen) atoms.